The molecular formula is C16H14Cl2N4O2. The molecule has 0 bridgehead atoms. The van der Waals surface area contributed by atoms with Crippen LogP contribution in [-0.2, 0) is 5.54 Å². The number of nitrogens with two attached hydrogens (primary N) is 1. The van der Waals surface area contributed by atoms with Crippen LogP contribution in [0.5, 0.6) is 0 Å². The minimum Gasteiger partial charge on any atom is -0.360 e. The van der Waals surface area contributed by atoms with E-state index in [9.17, 15) is 0 Å². The molecule has 0 unspecified atom stereocenters. The normalized spacial score (nSPS) is 16.2. The molecular weight excluding hydrogens is 351 g/mol. The standard InChI is InChI=1S/C16H14Cl2N4O2/c1-8-11(14-20-15(22-24-14)16(19)6-3-7-16)13(21-23-8)12-9(17)4-2-5-10(12)18/h2,4-5H,3,6-7,19H2,1H3. The zero-order chi connectivity index (χ0) is 16.9. The highest BCUT2D eigenvalue weighted by Crippen LogP contribution is 2.42. The van der Waals surface area contributed by atoms with Gasteiger partial charge >= 0.3 is 0 Å². The van der Waals surface area contributed by atoms with E-state index < -0.39 is 5.54 Å². The molecule has 1 aliphatic carbocycles. The molecule has 2 heterocycles. The van der Waals surface area contributed by atoms with Crippen molar-refractivity contribution >= 4 is 23.2 Å². The van der Waals surface area contributed by atoms with E-state index >= 15 is 0 Å². The molecule has 1 fully saturated rings. The summed E-state index contributed by atoms with van der Waals surface area (Å²) in [4.78, 5) is 4.46. The Balaban J connectivity index is 1.84. The maximum absolute atomic E-state index is 6.29. The summed E-state index contributed by atoms with van der Waals surface area (Å²) in [6.07, 6.45) is 2.75. The topological polar surface area (TPSA) is 91.0 Å². The van der Waals surface area contributed by atoms with Crippen molar-refractivity contribution in [1.29, 1.82) is 0 Å². The van der Waals surface area contributed by atoms with Gasteiger partial charge in [-0.25, -0.2) is 0 Å². The van der Waals surface area contributed by atoms with Crippen molar-refractivity contribution in [3.63, 3.8) is 0 Å². The van der Waals surface area contributed by atoms with E-state index in [1.165, 1.54) is 0 Å². The summed E-state index contributed by atoms with van der Waals surface area (Å²) in [5.41, 5.74) is 7.37. The average molecular weight is 365 g/mol. The first kappa shape index (κ1) is 15.6. The van der Waals surface area contributed by atoms with E-state index in [1.807, 2.05) is 0 Å². The predicted octanol–water partition coefficient (Wildman–Crippen LogP) is 4.34. The van der Waals surface area contributed by atoms with Crippen molar-refractivity contribution in [2.24, 2.45) is 5.73 Å². The smallest absolute Gasteiger partial charge is 0.263 e. The Morgan fingerprint density at radius 1 is 1.08 bits per heavy atom. The summed E-state index contributed by atoms with van der Waals surface area (Å²) in [7, 11) is 0. The van der Waals surface area contributed by atoms with Gasteiger partial charge in [-0.2, -0.15) is 4.98 Å². The molecule has 8 heteroatoms. The molecule has 6 nitrogen and oxygen atoms in total. The zero-order valence-corrected chi connectivity index (χ0v) is 14.4. The van der Waals surface area contributed by atoms with Crippen LogP contribution >= 0.6 is 23.2 Å². The molecule has 1 saturated carbocycles. The summed E-state index contributed by atoms with van der Waals surface area (Å²) in [6, 6.07) is 5.23. The average Bonchev–Trinajstić information content (AvgIpc) is 3.12. The van der Waals surface area contributed by atoms with Crippen LogP contribution in [0.3, 0.4) is 0 Å². The fourth-order valence-electron chi connectivity index (χ4n) is 2.83. The number of rotatable bonds is 3. The summed E-state index contributed by atoms with van der Waals surface area (Å²) >= 11 is 12.6. The van der Waals surface area contributed by atoms with Gasteiger partial charge in [-0.1, -0.05) is 39.6 Å². The van der Waals surface area contributed by atoms with Gasteiger partial charge in [-0.3, -0.25) is 0 Å². The number of hydrogen-bond acceptors (Lipinski definition) is 6. The monoisotopic (exact) mass is 364 g/mol. The third-order valence-corrected chi connectivity index (χ3v) is 5.02. The van der Waals surface area contributed by atoms with Crippen molar-refractivity contribution in [2.75, 3.05) is 0 Å². The van der Waals surface area contributed by atoms with Crippen molar-refractivity contribution < 1.29 is 9.05 Å². The summed E-state index contributed by atoms with van der Waals surface area (Å²) in [5.74, 6) is 1.34. The van der Waals surface area contributed by atoms with Gasteiger partial charge in [0, 0.05) is 5.56 Å². The highest BCUT2D eigenvalue weighted by molar-refractivity contribution is 6.39. The van der Waals surface area contributed by atoms with Crippen LogP contribution in [0.2, 0.25) is 10.0 Å². The number of halogens is 2. The molecule has 4 rings (SSSR count). The fraction of sp³-hybridized carbons (Fsp3) is 0.312. The Labute approximate surface area is 147 Å². The van der Waals surface area contributed by atoms with Crippen molar-refractivity contribution in [2.45, 2.75) is 31.7 Å². The minimum absolute atomic E-state index is 0.298. The van der Waals surface area contributed by atoms with Gasteiger partial charge in [0.2, 0.25) is 0 Å². The third kappa shape index (κ3) is 2.33. The predicted molar refractivity (Wildman–Crippen MR) is 89.7 cm³/mol. The van der Waals surface area contributed by atoms with Gasteiger partial charge in [0.05, 0.1) is 15.6 Å². The van der Waals surface area contributed by atoms with Crippen LogP contribution in [0.1, 0.15) is 30.8 Å². The molecule has 0 atom stereocenters. The Kier molecular flexibility index (Phi) is 3.63. The molecule has 1 aliphatic rings. The van der Waals surface area contributed by atoms with E-state index in [4.69, 9.17) is 38.0 Å². The molecule has 0 aliphatic heterocycles. The first-order valence-electron chi connectivity index (χ1n) is 7.54. The van der Waals surface area contributed by atoms with Crippen molar-refractivity contribution in [3.8, 4) is 22.7 Å². The Morgan fingerprint density at radius 2 is 1.79 bits per heavy atom. The molecule has 24 heavy (non-hydrogen) atoms. The second-order valence-electron chi connectivity index (χ2n) is 5.99. The largest absolute Gasteiger partial charge is 0.360 e. The molecule has 3 aromatic rings. The first-order valence-corrected chi connectivity index (χ1v) is 8.29. The molecule has 2 N–H and O–H groups in total. The summed E-state index contributed by atoms with van der Waals surface area (Å²) in [6.45, 7) is 1.77. The number of nitrogens with zero attached hydrogens (tertiary/aromatic N) is 3. The fourth-order valence-corrected chi connectivity index (χ4v) is 3.40. The Morgan fingerprint density at radius 3 is 2.42 bits per heavy atom. The second kappa shape index (κ2) is 5.58. The lowest BCUT2D eigenvalue weighted by Crippen LogP contribution is -2.44. The van der Waals surface area contributed by atoms with Crippen LogP contribution in [0.4, 0.5) is 0 Å². The van der Waals surface area contributed by atoms with Crippen LogP contribution in [0.15, 0.2) is 27.2 Å². The van der Waals surface area contributed by atoms with Gasteiger partial charge in [-0.15, -0.1) is 0 Å². The molecule has 1 aromatic carbocycles. The lowest BCUT2D eigenvalue weighted by atomic mass is 9.77. The van der Waals surface area contributed by atoms with Crippen molar-refractivity contribution in [1.82, 2.24) is 15.3 Å². The SMILES string of the molecule is Cc1onc(-c2c(Cl)cccc2Cl)c1-c1nc(C2(N)CCC2)no1. The molecule has 124 valence electrons. The van der Waals surface area contributed by atoms with E-state index in [2.05, 4.69) is 15.3 Å². The number of aromatic nitrogens is 3. The molecule has 0 radical (unpaired) electrons. The maximum Gasteiger partial charge on any atom is 0.263 e. The van der Waals surface area contributed by atoms with E-state index in [1.54, 1.807) is 25.1 Å². The Hall–Kier alpha value is -1.89. The highest BCUT2D eigenvalue weighted by Gasteiger charge is 2.39. The first-order chi connectivity index (χ1) is 11.5. The Bertz CT molecular complexity index is 894. The van der Waals surface area contributed by atoms with Gasteiger partial charge in [0.1, 0.15) is 17.0 Å². The molecule has 0 amide bonds. The van der Waals surface area contributed by atoms with Crippen molar-refractivity contribution in [3.05, 3.63) is 39.8 Å². The number of aryl methyl sites for hydroxylation is 1. The zero-order valence-electron chi connectivity index (χ0n) is 12.8. The second-order valence-corrected chi connectivity index (χ2v) is 6.81. The molecule has 0 saturated heterocycles. The van der Waals surface area contributed by atoms with Gasteiger partial charge in [-0.05, 0) is 38.3 Å². The van der Waals surface area contributed by atoms with E-state index in [-0.39, 0.29) is 0 Å². The summed E-state index contributed by atoms with van der Waals surface area (Å²) < 4.78 is 10.7. The molecule has 0 spiro atoms. The van der Waals surface area contributed by atoms with Gasteiger partial charge in [0.25, 0.3) is 5.89 Å². The van der Waals surface area contributed by atoms with Crippen LogP contribution in [0, 0.1) is 6.92 Å². The minimum atomic E-state index is -0.505. The van der Waals surface area contributed by atoms with Crippen LogP contribution in [0.25, 0.3) is 22.7 Å². The van der Waals surface area contributed by atoms with Gasteiger partial charge < -0.3 is 14.8 Å². The number of benzene rings is 1. The van der Waals surface area contributed by atoms with E-state index in [0.717, 1.165) is 19.3 Å². The van der Waals surface area contributed by atoms with Crippen LogP contribution < -0.4 is 5.73 Å². The number of hydrogen-bond donors (Lipinski definition) is 1. The quantitative estimate of drug-likeness (QED) is 0.742. The van der Waals surface area contributed by atoms with Crippen LogP contribution in [-0.4, -0.2) is 15.3 Å². The maximum atomic E-state index is 6.29. The molecule has 2 aromatic heterocycles. The van der Waals surface area contributed by atoms with E-state index in [0.29, 0.717) is 44.3 Å². The highest BCUT2D eigenvalue weighted by atomic mass is 35.5. The van der Waals surface area contributed by atoms with Gasteiger partial charge in [0.15, 0.2) is 5.82 Å². The summed E-state index contributed by atoms with van der Waals surface area (Å²) in [5, 5.41) is 9.05. The lowest BCUT2D eigenvalue weighted by molar-refractivity contribution is 0.229. The lowest BCUT2D eigenvalue weighted by Gasteiger charge is -2.34. The third-order valence-electron chi connectivity index (χ3n) is 4.39.